The van der Waals surface area contributed by atoms with Crippen LogP contribution in [0.2, 0.25) is 0 Å². The molecule has 0 saturated carbocycles. The number of anilines is 5. The van der Waals surface area contributed by atoms with Gasteiger partial charge in [0.2, 0.25) is 0 Å². The molecule has 0 unspecified atom stereocenters. The van der Waals surface area contributed by atoms with E-state index >= 15 is 0 Å². The van der Waals surface area contributed by atoms with Crippen molar-refractivity contribution in [3.05, 3.63) is 186 Å². The average Bonchev–Trinajstić information content (AvgIpc) is 3.51. The predicted octanol–water partition coefficient (Wildman–Crippen LogP) is 15.4. The molecule has 0 aromatic heterocycles. The van der Waals surface area contributed by atoms with E-state index in [-0.39, 0.29) is 28.5 Å². The van der Waals surface area contributed by atoms with Crippen molar-refractivity contribution in [1.82, 2.24) is 0 Å². The fourth-order valence-corrected chi connectivity index (χ4v) is 11.3. The molecule has 0 bridgehead atoms. The van der Waals surface area contributed by atoms with E-state index in [2.05, 4.69) is 244 Å². The monoisotopic (exact) mass is 830 g/mol. The Morgan fingerprint density at radius 3 is 1.70 bits per heavy atom. The number of hydrogen-bond donors (Lipinski definition) is 0. The van der Waals surface area contributed by atoms with Crippen LogP contribution in [0.15, 0.2) is 158 Å². The summed E-state index contributed by atoms with van der Waals surface area (Å²) in [6.45, 7) is 25.7. The zero-order chi connectivity index (χ0) is 44.7. The molecule has 0 saturated heterocycles. The number of fused-ring (bicyclic) bond motifs is 10. The standard InChI is InChI=1S/C61H59BN2/c1-58(2,3)40-25-29-43(30-26-40)64-51-33-28-42(60(7,8)9)37-48(51)54-44-22-16-15-21-39(44)35-53-56(54)62(64)57-52(34-31-46-45-23-17-18-24-49(45)61(10,11)55(46)57)63(53)50-32-27-41(59(4,5)6)36-47(50)38-19-13-12-14-20-38/h12-37H,1-11H3. The van der Waals surface area contributed by atoms with Crippen LogP contribution in [0.25, 0.3) is 44.2 Å². The van der Waals surface area contributed by atoms with E-state index in [1.807, 2.05) is 0 Å². The lowest BCUT2D eigenvalue weighted by molar-refractivity contribution is 0.590. The summed E-state index contributed by atoms with van der Waals surface area (Å²) in [5.74, 6) is 0. The Labute approximate surface area is 381 Å². The zero-order valence-electron chi connectivity index (χ0n) is 39.5. The van der Waals surface area contributed by atoms with Crippen molar-refractivity contribution in [1.29, 1.82) is 0 Å². The van der Waals surface area contributed by atoms with Crippen molar-refractivity contribution >= 4 is 57.0 Å². The minimum absolute atomic E-state index is 0.0246. The maximum absolute atomic E-state index is 2.71. The van der Waals surface area contributed by atoms with Gasteiger partial charge < -0.3 is 9.71 Å². The van der Waals surface area contributed by atoms with Crippen LogP contribution < -0.4 is 20.6 Å². The summed E-state index contributed by atoms with van der Waals surface area (Å²) in [6.07, 6.45) is 0. The second-order valence-corrected chi connectivity index (χ2v) is 22.2. The molecule has 2 aliphatic heterocycles. The first-order valence-electron chi connectivity index (χ1n) is 23.3. The van der Waals surface area contributed by atoms with Crippen LogP contribution in [0.3, 0.4) is 0 Å². The van der Waals surface area contributed by atoms with Gasteiger partial charge in [0.25, 0.3) is 0 Å². The van der Waals surface area contributed by atoms with Gasteiger partial charge in [0.05, 0.1) is 5.69 Å². The van der Waals surface area contributed by atoms with Gasteiger partial charge in [-0.25, -0.2) is 0 Å². The minimum Gasteiger partial charge on any atom is -0.376 e. The van der Waals surface area contributed by atoms with Crippen LogP contribution in [0.4, 0.5) is 28.4 Å². The lowest BCUT2D eigenvalue weighted by Gasteiger charge is -2.48. The summed E-state index contributed by atoms with van der Waals surface area (Å²) in [5.41, 5.74) is 23.2. The van der Waals surface area contributed by atoms with E-state index in [1.54, 1.807) is 0 Å². The number of hydrogen-bond acceptors (Lipinski definition) is 2. The maximum Gasteiger partial charge on any atom is 0.333 e. The Hall–Kier alpha value is -6.32. The number of benzene rings is 8. The average molecular weight is 831 g/mol. The van der Waals surface area contributed by atoms with Crippen molar-refractivity contribution in [2.24, 2.45) is 0 Å². The number of rotatable bonds is 3. The topological polar surface area (TPSA) is 6.48 Å². The second-order valence-electron chi connectivity index (χ2n) is 22.2. The molecule has 316 valence electrons. The van der Waals surface area contributed by atoms with Gasteiger partial charge in [-0.05, 0) is 137 Å². The van der Waals surface area contributed by atoms with Crippen molar-refractivity contribution in [2.45, 2.75) is 97.8 Å². The molecule has 0 N–H and O–H groups in total. The SMILES string of the molecule is CC(C)(C)c1ccc(N2B3c4c(ccc5c4C(C)(C)c4ccccc4-5)N(c4ccc(C(C)(C)C)cc4-c4ccccc4)c4cc5ccccc5c(c43)-c3cc(C(C)(C)C)ccc32)cc1. The molecule has 0 atom stereocenters. The fraction of sp³-hybridized carbons (Fsp3) is 0.246. The Morgan fingerprint density at radius 1 is 0.438 bits per heavy atom. The lowest BCUT2D eigenvalue weighted by atomic mass is 9.41. The van der Waals surface area contributed by atoms with Crippen LogP contribution in [0, 0.1) is 0 Å². The van der Waals surface area contributed by atoms with Crippen LogP contribution >= 0.6 is 0 Å². The molecule has 8 aromatic rings. The molecule has 64 heavy (non-hydrogen) atoms. The van der Waals surface area contributed by atoms with E-state index in [0.29, 0.717) is 0 Å². The third kappa shape index (κ3) is 5.99. The highest BCUT2D eigenvalue weighted by Gasteiger charge is 2.51. The highest BCUT2D eigenvalue weighted by Crippen LogP contribution is 2.55. The molecule has 2 nitrogen and oxygen atoms in total. The van der Waals surface area contributed by atoms with Gasteiger partial charge in [-0.15, -0.1) is 0 Å². The third-order valence-electron chi connectivity index (χ3n) is 14.7. The number of nitrogens with zero attached hydrogens (tertiary/aromatic N) is 2. The van der Waals surface area contributed by atoms with Gasteiger partial charge in [-0.3, -0.25) is 0 Å². The quantitative estimate of drug-likeness (QED) is 0.164. The predicted molar refractivity (Wildman–Crippen MR) is 277 cm³/mol. The van der Waals surface area contributed by atoms with Crippen molar-refractivity contribution in [3.8, 4) is 33.4 Å². The van der Waals surface area contributed by atoms with Crippen molar-refractivity contribution in [2.75, 3.05) is 9.71 Å². The van der Waals surface area contributed by atoms with E-state index in [4.69, 9.17) is 0 Å². The fourth-order valence-electron chi connectivity index (χ4n) is 11.3. The van der Waals surface area contributed by atoms with Crippen molar-refractivity contribution in [3.63, 3.8) is 0 Å². The van der Waals surface area contributed by atoms with Gasteiger partial charge in [0.1, 0.15) is 0 Å². The van der Waals surface area contributed by atoms with Crippen molar-refractivity contribution < 1.29 is 0 Å². The summed E-state index contributed by atoms with van der Waals surface area (Å²) >= 11 is 0. The van der Waals surface area contributed by atoms with E-state index in [0.717, 1.165) is 0 Å². The van der Waals surface area contributed by atoms with Crippen LogP contribution in [-0.4, -0.2) is 6.85 Å². The van der Waals surface area contributed by atoms with Gasteiger partial charge in [0.15, 0.2) is 0 Å². The molecule has 0 amide bonds. The summed E-state index contributed by atoms with van der Waals surface area (Å²) in [4.78, 5) is 5.37. The highest BCUT2D eigenvalue weighted by atomic mass is 15.2. The molecule has 0 spiro atoms. The first-order valence-corrected chi connectivity index (χ1v) is 23.3. The highest BCUT2D eigenvalue weighted by molar-refractivity contribution is 6.94. The minimum atomic E-state index is -0.256. The maximum atomic E-state index is 2.71. The summed E-state index contributed by atoms with van der Waals surface area (Å²) in [6, 6.07) is 60.8. The molecular weight excluding hydrogens is 771 g/mol. The summed E-state index contributed by atoms with van der Waals surface area (Å²) in [7, 11) is 0. The molecule has 3 aliphatic rings. The molecule has 3 heteroatoms. The van der Waals surface area contributed by atoms with Gasteiger partial charge in [-0.1, -0.05) is 185 Å². The molecule has 0 fully saturated rings. The zero-order valence-corrected chi connectivity index (χ0v) is 39.5. The Balaban J connectivity index is 1.33. The van der Waals surface area contributed by atoms with Gasteiger partial charge >= 0.3 is 6.85 Å². The Morgan fingerprint density at radius 2 is 1.02 bits per heavy atom. The molecule has 8 aromatic carbocycles. The first kappa shape index (κ1) is 40.5. The Kier molecular flexibility index (Phi) is 8.75. The summed E-state index contributed by atoms with van der Waals surface area (Å²) in [5, 5.41) is 2.55. The first-order chi connectivity index (χ1) is 30.4. The largest absolute Gasteiger partial charge is 0.376 e. The van der Waals surface area contributed by atoms with Crippen LogP contribution in [0.1, 0.15) is 104 Å². The normalized spacial score (nSPS) is 14.8. The van der Waals surface area contributed by atoms with E-state index in [1.165, 1.54) is 111 Å². The molecule has 2 heterocycles. The molecular formula is C61H59BN2. The van der Waals surface area contributed by atoms with Gasteiger partial charge in [-0.2, -0.15) is 0 Å². The van der Waals surface area contributed by atoms with Crippen LogP contribution in [-0.2, 0) is 21.7 Å². The smallest absolute Gasteiger partial charge is 0.333 e. The second kappa shape index (κ2) is 13.8. The lowest BCUT2D eigenvalue weighted by Crippen LogP contribution is -2.63. The molecule has 1 aliphatic carbocycles. The van der Waals surface area contributed by atoms with E-state index < -0.39 is 0 Å². The molecule has 0 radical (unpaired) electrons. The van der Waals surface area contributed by atoms with Crippen LogP contribution in [0.5, 0.6) is 0 Å². The molecule has 11 rings (SSSR count). The van der Waals surface area contributed by atoms with Gasteiger partial charge in [0, 0.05) is 39.3 Å². The summed E-state index contributed by atoms with van der Waals surface area (Å²) < 4.78 is 0. The Bertz CT molecular complexity index is 3190. The third-order valence-corrected chi connectivity index (χ3v) is 14.7. The van der Waals surface area contributed by atoms with E-state index in [9.17, 15) is 0 Å².